The van der Waals surface area contributed by atoms with E-state index in [9.17, 15) is 4.79 Å². The van der Waals surface area contributed by atoms with E-state index in [1.165, 1.54) is 12.4 Å². The van der Waals surface area contributed by atoms with Crippen LogP contribution in [0, 0.1) is 0 Å². The van der Waals surface area contributed by atoms with Gasteiger partial charge in [-0.2, -0.15) is 5.10 Å². The molecule has 2 aromatic heterocycles. The lowest BCUT2D eigenvalue weighted by molar-refractivity contribution is 0.0999. The fourth-order valence-electron chi connectivity index (χ4n) is 1.01. The third-order valence-electron chi connectivity index (χ3n) is 1.74. The molecule has 0 spiro atoms. The predicted octanol–water partition coefficient (Wildman–Crippen LogP) is 0.0325. The lowest BCUT2D eigenvalue weighted by Crippen LogP contribution is -2.11. The molecule has 0 atom stereocenters. The predicted molar refractivity (Wildman–Crippen MR) is 51.6 cm³/mol. The van der Waals surface area contributed by atoms with Crippen LogP contribution in [-0.2, 0) is 0 Å². The number of hydrogen-bond donors (Lipinski definition) is 1. The molecule has 1 amide bonds. The van der Waals surface area contributed by atoms with Crippen molar-refractivity contribution in [3.63, 3.8) is 0 Å². The number of hydrogen-bond acceptors (Lipinski definition) is 5. The van der Waals surface area contributed by atoms with Crippen LogP contribution < -0.4 is 5.73 Å². The summed E-state index contributed by atoms with van der Waals surface area (Å²) < 4.78 is 0. The molecule has 0 aliphatic rings. The summed E-state index contributed by atoms with van der Waals surface area (Å²) in [7, 11) is 0. The van der Waals surface area contributed by atoms with E-state index in [1.807, 2.05) is 0 Å². The van der Waals surface area contributed by atoms with Crippen molar-refractivity contribution < 1.29 is 4.79 Å². The number of amides is 1. The highest BCUT2D eigenvalue weighted by Crippen LogP contribution is 2.08. The van der Waals surface area contributed by atoms with Crippen LogP contribution in [0.5, 0.6) is 0 Å². The maximum absolute atomic E-state index is 10.8. The molecular formula is C9H7N5O. The molecule has 6 heteroatoms. The largest absolute Gasteiger partial charge is 0.366 e. The lowest BCUT2D eigenvalue weighted by atomic mass is 10.3. The molecule has 0 aromatic carbocycles. The van der Waals surface area contributed by atoms with Gasteiger partial charge in [-0.05, 0) is 12.1 Å². The molecule has 2 N–H and O–H groups in total. The van der Waals surface area contributed by atoms with Crippen molar-refractivity contribution in [1.82, 2.24) is 20.2 Å². The molecule has 0 saturated heterocycles. The second kappa shape index (κ2) is 3.79. The van der Waals surface area contributed by atoms with Gasteiger partial charge in [0, 0.05) is 18.6 Å². The lowest BCUT2D eigenvalue weighted by Gasteiger charge is -1.97. The number of nitrogens with two attached hydrogens (primary N) is 1. The zero-order chi connectivity index (χ0) is 10.7. The number of carbonyl (C=O) groups is 1. The van der Waals surface area contributed by atoms with E-state index >= 15 is 0 Å². The van der Waals surface area contributed by atoms with Gasteiger partial charge in [-0.15, -0.1) is 5.10 Å². The van der Waals surface area contributed by atoms with E-state index in [2.05, 4.69) is 20.2 Å². The van der Waals surface area contributed by atoms with E-state index < -0.39 is 5.91 Å². The molecule has 2 rings (SSSR count). The van der Waals surface area contributed by atoms with E-state index in [0.29, 0.717) is 11.5 Å². The van der Waals surface area contributed by atoms with Gasteiger partial charge in [-0.25, -0.2) is 9.97 Å². The first kappa shape index (κ1) is 9.20. The Hall–Kier alpha value is -2.37. The molecule has 6 nitrogen and oxygen atoms in total. The quantitative estimate of drug-likeness (QED) is 0.739. The molecule has 0 unspecified atom stereocenters. The minimum absolute atomic E-state index is 0.266. The number of rotatable bonds is 2. The number of aromatic nitrogens is 4. The monoisotopic (exact) mass is 201 g/mol. The Balaban J connectivity index is 2.36. The minimum atomic E-state index is -0.555. The van der Waals surface area contributed by atoms with E-state index in [4.69, 9.17) is 5.73 Å². The average Bonchev–Trinajstić information content (AvgIpc) is 2.30. The molecule has 2 aromatic rings. The van der Waals surface area contributed by atoms with Gasteiger partial charge >= 0.3 is 0 Å². The van der Waals surface area contributed by atoms with Crippen molar-refractivity contribution in [2.24, 2.45) is 5.73 Å². The molecule has 0 aliphatic carbocycles. The average molecular weight is 201 g/mol. The first-order chi connectivity index (χ1) is 7.27. The zero-order valence-corrected chi connectivity index (χ0v) is 7.66. The van der Waals surface area contributed by atoms with Crippen LogP contribution in [0.1, 0.15) is 10.4 Å². The van der Waals surface area contributed by atoms with E-state index in [1.54, 1.807) is 18.3 Å². The van der Waals surface area contributed by atoms with Crippen LogP contribution in [0.3, 0.4) is 0 Å². The summed E-state index contributed by atoms with van der Waals surface area (Å²) in [6.45, 7) is 0. The maximum Gasteiger partial charge on any atom is 0.251 e. The third kappa shape index (κ3) is 1.93. The highest BCUT2D eigenvalue weighted by Gasteiger charge is 2.04. The first-order valence-electron chi connectivity index (χ1n) is 4.17. The van der Waals surface area contributed by atoms with Crippen LogP contribution in [-0.4, -0.2) is 26.1 Å². The summed E-state index contributed by atoms with van der Waals surface area (Å²) in [6.07, 6.45) is 4.28. The highest BCUT2D eigenvalue weighted by atomic mass is 16.1. The summed E-state index contributed by atoms with van der Waals surface area (Å²) in [6, 6.07) is 3.46. The molecule has 0 saturated carbocycles. The topological polar surface area (TPSA) is 94.7 Å². The molecule has 0 radical (unpaired) electrons. The normalized spacial score (nSPS) is 9.87. The van der Waals surface area contributed by atoms with Gasteiger partial charge in [0.2, 0.25) is 0 Å². The van der Waals surface area contributed by atoms with Gasteiger partial charge in [0.25, 0.3) is 5.91 Å². The summed E-state index contributed by atoms with van der Waals surface area (Å²) >= 11 is 0. The van der Waals surface area contributed by atoms with Crippen LogP contribution in [0.15, 0.2) is 30.7 Å². The SMILES string of the molecule is NC(=O)c1cnc(-c2cccnn2)nc1. The summed E-state index contributed by atoms with van der Waals surface area (Å²) in [5, 5.41) is 7.53. The van der Waals surface area contributed by atoms with Crippen molar-refractivity contribution in [2.45, 2.75) is 0 Å². The molecule has 0 aliphatic heterocycles. The minimum Gasteiger partial charge on any atom is -0.366 e. The van der Waals surface area contributed by atoms with Gasteiger partial charge in [0.15, 0.2) is 5.82 Å². The summed E-state index contributed by atoms with van der Waals surface area (Å²) in [5.41, 5.74) is 5.87. The molecule has 15 heavy (non-hydrogen) atoms. The van der Waals surface area contributed by atoms with E-state index in [-0.39, 0.29) is 5.56 Å². The van der Waals surface area contributed by atoms with Crippen LogP contribution in [0.25, 0.3) is 11.5 Å². The van der Waals surface area contributed by atoms with Crippen molar-refractivity contribution in [2.75, 3.05) is 0 Å². The van der Waals surface area contributed by atoms with Gasteiger partial charge in [-0.3, -0.25) is 4.79 Å². The molecule has 0 bridgehead atoms. The fraction of sp³-hybridized carbons (Fsp3) is 0. The van der Waals surface area contributed by atoms with Gasteiger partial charge in [-0.1, -0.05) is 0 Å². The van der Waals surface area contributed by atoms with Crippen molar-refractivity contribution in [1.29, 1.82) is 0 Å². The van der Waals surface area contributed by atoms with Crippen LogP contribution in [0.4, 0.5) is 0 Å². The van der Waals surface area contributed by atoms with Crippen molar-refractivity contribution in [3.05, 3.63) is 36.3 Å². The Morgan fingerprint density at radius 1 is 1.27 bits per heavy atom. The Kier molecular flexibility index (Phi) is 2.32. The zero-order valence-electron chi connectivity index (χ0n) is 7.66. The Labute approximate surface area is 85.2 Å². The Morgan fingerprint density at radius 2 is 2.00 bits per heavy atom. The standard InChI is InChI=1S/C9H7N5O/c10-8(15)6-4-11-9(12-5-6)7-2-1-3-13-14-7/h1-5H,(H2,10,15). The van der Waals surface area contributed by atoms with Crippen molar-refractivity contribution in [3.8, 4) is 11.5 Å². The van der Waals surface area contributed by atoms with Gasteiger partial charge < -0.3 is 5.73 Å². The second-order valence-corrected chi connectivity index (χ2v) is 2.77. The summed E-state index contributed by atoms with van der Waals surface area (Å²) in [5.74, 6) is -0.145. The van der Waals surface area contributed by atoms with Gasteiger partial charge in [0.1, 0.15) is 5.69 Å². The number of primary amides is 1. The Morgan fingerprint density at radius 3 is 2.53 bits per heavy atom. The Bertz CT molecular complexity index is 468. The molecular weight excluding hydrogens is 194 g/mol. The number of nitrogens with zero attached hydrogens (tertiary/aromatic N) is 4. The fourth-order valence-corrected chi connectivity index (χ4v) is 1.01. The molecule has 74 valence electrons. The summed E-state index contributed by atoms with van der Waals surface area (Å²) in [4.78, 5) is 18.7. The third-order valence-corrected chi connectivity index (χ3v) is 1.74. The number of carbonyl (C=O) groups excluding carboxylic acids is 1. The second-order valence-electron chi connectivity index (χ2n) is 2.77. The highest BCUT2D eigenvalue weighted by molar-refractivity contribution is 5.92. The maximum atomic E-state index is 10.8. The van der Waals surface area contributed by atoms with Crippen LogP contribution in [0.2, 0.25) is 0 Å². The molecule has 2 heterocycles. The van der Waals surface area contributed by atoms with E-state index in [0.717, 1.165) is 0 Å². The smallest absolute Gasteiger partial charge is 0.251 e. The van der Waals surface area contributed by atoms with Crippen molar-refractivity contribution >= 4 is 5.91 Å². The van der Waals surface area contributed by atoms with Gasteiger partial charge in [0.05, 0.1) is 5.56 Å². The molecule has 0 fully saturated rings. The van der Waals surface area contributed by atoms with Crippen LogP contribution >= 0.6 is 0 Å². The first-order valence-corrected chi connectivity index (χ1v) is 4.17.